The molecule has 2 aromatic rings. The van der Waals surface area contributed by atoms with Crippen molar-refractivity contribution < 1.29 is 45.8 Å². The average Bonchev–Trinajstić information content (AvgIpc) is 2.86. The van der Waals surface area contributed by atoms with E-state index in [1.807, 2.05) is 0 Å². The van der Waals surface area contributed by atoms with Gasteiger partial charge in [-0.15, -0.1) is 0 Å². The van der Waals surface area contributed by atoms with Crippen molar-refractivity contribution in [2.75, 3.05) is 6.54 Å². The van der Waals surface area contributed by atoms with Gasteiger partial charge in [-0.25, -0.2) is 9.59 Å². The molecule has 0 fully saturated rings. The number of carboxylic acid groups (broad SMARTS) is 1. The summed E-state index contributed by atoms with van der Waals surface area (Å²) in [6.45, 7) is 1.16. The van der Waals surface area contributed by atoms with E-state index in [2.05, 4.69) is 5.10 Å². The number of hydrogen-bond donors (Lipinski definition) is 1. The highest BCUT2D eigenvalue weighted by molar-refractivity contribution is 5.87. The van der Waals surface area contributed by atoms with Crippen LogP contribution in [-0.4, -0.2) is 38.4 Å². The zero-order chi connectivity index (χ0) is 23.8. The highest BCUT2D eigenvalue weighted by atomic mass is 19.4. The van der Waals surface area contributed by atoms with E-state index < -0.39 is 47.7 Å². The fourth-order valence-corrected chi connectivity index (χ4v) is 3.34. The Labute approximate surface area is 177 Å². The highest BCUT2D eigenvalue weighted by Gasteiger charge is 2.37. The molecule has 0 aliphatic carbocycles. The van der Waals surface area contributed by atoms with Crippen LogP contribution >= 0.6 is 0 Å². The van der Waals surface area contributed by atoms with Gasteiger partial charge in [-0.3, -0.25) is 4.68 Å². The van der Waals surface area contributed by atoms with Gasteiger partial charge in [-0.1, -0.05) is 0 Å². The van der Waals surface area contributed by atoms with E-state index in [9.17, 15) is 41.0 Å². The van der Waals surface area contributed by atoms with Gasteiger partial charge in [0.1, 0.15) is 6.61 Å². The number of benzene rings is 1. The van der Waals surface area contributed by atoms with Crippen LogP contribution in [0.2, 0.25) is 0 Å². The lowest BCUT2D eigenvalue weighted by Gasteiger charge is -2.20. The topological polar surface area (TPSA) is 84.7 Å². The van der Waals surface area contributed by atoms with Crippen LogP contribution in [0.15, 0.2) is 18.2 Å². The molecule has 1 aliphatic rings. The number of carbonyl (C=O) groups is 2. The lowest BCUT2D eigenvalue weighted by atomic mass is 10.1. The summed E-state index contributed by atoms with van der Waals surface area (Å²) in [6, 6.07) is 0.969. The number of ether oxygens (including phenoxy) is 1. The fraction of sp³-hybridized carbons (Fsp3) is 0.421. The monoisotopic (exact) mass is 465 g/mol. The number of amides is 1. The Balaban J connectivity index is 1.78. The lowest BCUT2D eigenvalue weighted by molar-refractivity contribution is -0.143. The predicted molar refractivity (Wildman–Crippen MR) is 95.6 cm³/mol. The number of nitrogens with zero attached hydrogens (tertiary/aromatic N) is 3. The van der Waals surface area contributed by atoms with Gasteiger partial charge in [0.05, 0.1) is 23.4 Å². The number of aryl methyl sites for hydroxylation is 1. The number of fused-ring (bicyclic) bond motifs is 1. The summed E-state index contributed by atoms with van der Waals surface area (Å²) >= 11 is 0. The first-order valence-corrected chi connectivity index (χ1v) is 9.27. The molecular weight excluding hydrogens is 448 g/mol. The summed E-state index contributed by atoms with van der Waals surface area (Å²) in [7, 11) is 0. The molecule has 0 saturated carbocycles. The van der Waals surface area contributed by atoms with Gasteiger partial charge in [0.15, 0.2) is 5.69 Å². The molecule has 0 unspecified atom stereocenters. The standard InChI is InChI=1S/C19H17F6N3O4/c1-10-14-8-27(3-2-4-28(14)26-15(10)16(29)30)17(31)32-9-11-5-12(18(20,21)22)7-13(6-11)19(23,24)25/h5-7H,2-4,8-9H2,1H3,(H,29,30). The van der Waals surface area contributed by atoms with Crippen LogP contribution in [0.4, 0.5) is 31.1 Å². The second-order valence-corrected chi connectivity index (χ2v) is 7.19. The largest absolute Gasteiger partial charge is 0.476 e. The minimum absolute atomic E-state index is 0.00983. The van der Waals surface area contributed by atoms with Gasteiger partial charge in [-0.05, 0) is 37.1 Å². The summed E-state index contributed by atoms with van der Waals surface area (Å²) in [5.41, 5.74) is -2.84. The molecule has 3 rings (SSSR count). The van der Waals surface area contributed by atoms with Gasteiger partial charge >= 0.3 is 24.4 Å². The molecule has 174 valence electrons. The molecule has 1 N–H and O–H groups in total. The Bertz CT molecular complexity index is 1010. The number of halogens is 6. The summed E-state index contributed by atoms with van der Waals surface area (Å²) in [5, 5.41) is 13.2. The lowest BCUT2D eigenvalue weighted by Crippen LogP contribution is -2.31. The van der Waals surface area contributed by atoms with Crippen molar-refractivity contribution >= 4 is 12.1 Å². The van der Waals surface area contributed by atoms with E-state index in [0.717, 1.165) is 0 Å². The zero-order valence-electron chi connectivity index (χ0n) is 16.5. The molecule has 2 heterocycles. The molecule has 0 saturated heterocycles. The molecule has 0 atom stereocenters. The van der Waals surface area contributed by atoms with E-state index in [0.29, 0.717) is 36.4 Å². The third-order valence-corrected chi connectivity index (χ3v) is 4.93. The SMILES string of the molecule is Cc1c(C(=O)O)nn2c1CN(C(=O)OCc1cc(C(F)(F)F)cc(C(F)(F)F)c1)CCC2. The summed E-state index contributed by atoms with van der Waals surface area (Å²) in [4.78, 5) is 24.9. The van der Waals surface area contributed by atoms with E-state index in [4.69, 9.17) is 4.74 Å². The molecule has 1 aromatic carbocycles. The number of aromatic carboxylic acids is 1. The Morgan fingerprint density at radius 3 is 2.19 bits per heavy atom. The minimum Gasteiger partial charge on any atom is -0.476 e. The van der Waals surface area contributed by atoms with Crippen molar-refractivity contribution in [3.05, 3.63) is 51.8 Å². The van der Waals surface area contributed by atoms with Crippen molar-refractivity contribution in [2.24, 2.45) is 0 Å². The maximum atomic E-state index is 13.0. The predicted octanol–water partition coefficient (Wildman–Crippen LogP) is 4.47. The van der Waals surface area contributed by atoms with E-state index in [1.54, 1.807) is 0 Å². The molecular formula is C19H17F6N3O4. The molecule has 32 heavy (non-hydrogen) atoms. The van der Waals surface area contributed by atoms with Crippen molar-refractivity contribution in [1.29, 1.82) is 0 Å². The van der Waals surface area contributed by atoms with Crippen LogP contribution in [0, 0.1) is 6.92 Å². The van der Waals surface area contributed by atoms with Crippen molar-refractivity contribution in [2.45, 2.75) is 45.4 Å². The molecule has 0 spiro atoms. The van der Waals surface area contributed by atoms with Crippen LogP contribution in [0.5, 0.6) is 0 Å². The molecule has 13 heteroatoms. The first-order valence-electron chi connectivity index (χ1n) is 9.27. The quantitative estimate of drug-likeness (QED) is 0.677. The maximum absolute atomic E-state index is 13.0. The molecule has 0 bridgehead atoms. The summed E-state index contributed by atoms with van der Waals surface area (Å²) < 4.78 is 84.3. The van der Waals surface area contributed by atoms with Crippen molar-refractivity contribution in [3.63, 3.8) is 0 Å². The Morgan fingerprint density at radius 2 is 1.66 bits per heavy atom. The number of aromatic nitrogens is 2. The second kappa shape index (κ2) is 8.36. The van der Waals surface area contributed by atoms with Crippen LogP contribution in [-0.2, 0) is 36.8 Å². The van der Waals surface area contributed by atoms with E-state index in [-0.39, 0.29) is 24.8 Å². The maximum Gasteiger partial charge on any atom is 0.416 e. The molecule has 1 aromatic heterocycles. The minimum atomic E-state index is -5.01. The third-order valence-electron chi connectivity index (χ3n) is 4.93. The third kappa shape index (κ3) is 4.97. The summed E-state index contributed by atoms with van der Waals surface area (Å²) in [6.07, 6.45) is -10.6. The van der Waals surface area contributed by atoms with Gasteiger partial charge in [0.25, 0.3) is 0 Å². The number of rotatable bonds is 3. The van der Waals surface area contributed by atoms with E-state index >= 15 is 0 Å². The number of hydrogen-bond acceptors (Lipinski definition) is 4. The van der Waals surface area contributed by atoms with Crippen LogP contribution in [0.3, 0.4) is 0 Å². The Kier molecular flexibility index (Phi) is 6.11. The number of alkyl halides is 6. The fourth-order valence-electron chi connectivity index (χ4n) is 3.34. The summed E-state index contributed by atoms with van der Waals surface area (Å²) in [5.74, 6) is -1.23. The number of carbonyl (C=O) groups excluding carboxylic acids is 1. The van der Waals surface area contributed by atoms with Crippen molar-refractivity contribution in [1.82, 2.24) is 14.7 Å². The Morgan fingerprint density at radius 1 is 1.06 bits per heavy atom. The molecule has 0 radical (unpaired) electrons. The molecule has 7 nitrogen and oxygen atoms in total. The van der Waals surface area contributed by atoms with Crippen LogP contribution in [0.25, 0.3) is 0 Å². The second-order valence-electron chi connectivity index (χ2n) is 7.19. The first kappa shape index (κ1) is 23.4. The average molecular weight is 465 g/mol. The number of carboxylic acids is 1. The van der Waals surface area contributed by atoms with Gasteiger partial charge in [-0.2, -0.15) is 31.4 Å². The van der Waals surface area contributed by atoms with Crippen LogP contribution < -0.4 is 0 Å². The van der Waals surface area contributed by atoms with Crippen LogP contribution in [0.1, 0.15) is 44.9 Å². The van der Waals surface area contributed by atoms with Crippen molar-refractivity contribution in [3.8, 4) is 0 Å². The molecule has 1 aliphatic heterocycles. The van der Waals surface area contributed by atoms with E-state index in [1.165, 1.54) is 16.5 Å². The highest BCUT2D eigenvalue weighted by Crippen LogP contribution is 2.36. The zero-order valence-corrected chi connectivity index (χ0v) is 16.5. The normalized spacial score (nSPS) is 14.7. The smallest absolute Gasteiger partial charge is 0.416 e. The van der Waals surface area contributed by atoms with Gasteiger partial charge in [0, 0.05) is 18.7 Å². The molecule has 1 amide bonds. The van der Waals surface area contributed by atoms with Gasteiger partial charge in [0.2, 0.25) is 0 Å². The first-order chi connectivity index (χ1) is 14.8. The Hall–Kier alpha value is -3.25. The van der Waals surface area contributed by atoms with Gasteiger partial charge < -0.3 is 14.7 Å².